The lowest BCUT2D eigenvalue weighted by Gasteiger charge is -2.13. The van der Waals surface area contributed by atoms with E-state index in [2.05, 4.69) is 15.5 Å². The number of aryl methyl sites for hydroxylation is 1. The standard InChI is InChI=1S/C14H21N3O3/c1-7(5-9-6-8(2)16-17-9)15-12(18)10-11(13(19)20)14(10,3)4/h6-7,10-11H,5H2,1-4H3,(H,15,18)(H,16,17)(H,19,20)/t7?,10-,11+/m0/s1. The third kappa shape index (κ3) is 2.69. The molecule has 1 unspecified atom stereocenters. The van der Waals surface area contributed by atoms with Gasteiger partial charge in [0.15, 0.2) is 0 Å². The largest absolute Gasteiger partial charge is 0.481 e. The van der Waals surface area contributed by atoms with Crippen molar-refractivity contribution < 1.29 is 14.7 Å². The topological polar surface area (TPSA) is 95.1 Å². The first kappa shape index (κ1) is 14.6. The highest BCUT2D eigenvalue weighted by molar-refractivity contribution is 5.91. The van der Waals surface area contributed by atoms with Crippen LogP contribution in [0.25, 0.3) is 0 Å². The van der Waals surface area contributed by atoms with Gasteiger partial charge in [0.1, 0.15) is 0 Å². The molecule has 1 saturated carbocycles. The molecule has 0 aliphatic heterocycles. The number of aromatic amines is 1. The Morgan fingerprint density at radius 1 is 1.50 bits per heavy atom. The molecule has 1 heterocycles. The normalized spacial score (nSPS) is 25.0. The van der Waals surface area contributed by atoms with Crippen molar-refractivity contribution in [3.05, 3.63) is 17.5 Å². The molecule has 1 aromatic rings. The molecule has 2 rings (SSSR count). The van der Waals surface area contributed by atoms with Crippen molar-refractivity contribution in [2.75, 3.05) is 0 Å². The Morgan fingerprint density at radius 3 is 2.60 bits per heavy atom. The number of carboxylic acids is 1. The first-order chi connectivity index (χ1) is 9.23. The van der Waals surface area contributed by atoms with Gasteiger partial charge in [0.05, 0.1) is 17.5 Å². The molecule has 3 atom stereocenters. The lowest BCUT2D eigenvalue weighted by atomic mass is 10.1. The molecule has 0 saturated heterocycles. The lowest BCUT2D eigenvalue weighted by molar-refractivity contribution is -0.140. The molecule has 6 heteroatoms. The van der Waals surface area contributed by atoms with E-state index >= 15 is 0 Å². The summed E-state index contributed by atoms with van der Waals surface area (Å²) in [5.74, 6) is -2.10. The number of nitrogens with zero attached hydrogens (tertiary/aromatic N) is 1. The number of aromatic nitrogens is 2. The summed E-state index contributed by atoms with van der Waals surface area (Å²) in [4.78, 5) is 23.2. The zero-order chi connectivity index (χ0) is 15.1. The molecule has 1 aromatic heterocycles. The van der Waals surface area contributed by atoms with Gasteiger partial charge >= 0.3 is 5.97 Å². The van der Waals surface area contributed by atoms with Crippen molar-refractivity contribution >= 4 is 11.9 Å². The summed E-state index contributed by atoms with van der Waals surface area (Å²) in [7, 11) is 0. The molecule has 20 heavy (non-hydrogen) atoms. The van der Waals surface area contributed by atoms with Crippen molar-refractivity contribution in [3.63, 3.8) is 0 Å². The SMILES string of the molecule is Cc1cc(CC(C)NC(=O)[C@@H]2[C@H](C(=O)O)C2(C)C)n[nH]1. The Morgan fingerprint density at radius 2 is 2.15 bits per heavy atom. The van der Waals surface area contributed by atoms with Gasteiger partial charge in [-0.15, -0.1) is 0 Å². The number of amides is 1. The lowest BCUT2D eigenvalue weighted by Crippen LogP contribution is -2.36. The minimum atomic E-state index is -0.897. The molecular formula is C14H21N3O3. The summed E-state index contributed by atoms with van der Waals surface area (Å²) in [6, 6.07) is 1.86. The highest BCUT2D eigenvalue weighted by Gasteiger charge is 2.65. The van der Waals surface area contributed by atoms with Gasteiger partial charge in [0.2, 0.25) is 5.91 Å². The van der Waals surface area contributed by atoms with E-state index in [1.165, 1.54) is 0 Å². The summed E-state index contributed by atoms with van der Waals surface area (Å²) in [6.07, 6.45) is 0.626. The average molecular weight is 279 g/mol. The van der Waals surface area contributed by atoms with Crippen molar-refractivity contribution in [2.45, 2.75) is 40.2 Å². The number of carbonyl (C=O) groups is 2. The van der Waals surface area contributed by atoms with Gasteiger partial charge in [-0.2, -0.15) is 5.10 Å². The maximum atomic E-state index is 12.1. The van der Waals surface area contributed by atoms with Crippen LogP contribution in [0.3, 0.4) is 0 Å². The predicted molar refractivity (Wildman–Crippen MR) is 73.0 cm³/mol. The third-order valence-electron chi connectivity index (χ3n) is 4.04. The number of hydrogen-bond donors (Lipinski definition) is 3. The Kier molecular flexibility index (Phi) is 3.58. The van der Waals surface area contributed by atoms with Crippen LogP contribution in [0.1, 0.15) is 32.2 Å². The number of hydrogen-bond acceptors (Lipinski definition) is 3. The fourth-order valence-electron chi connectivity index (χ4n) is 2.86. The monoisotopic (exact) mass is 279 g/mol. The zero-order valence-electron chi connectivity index (χ0n) is 12.2. The zero-order valence-corrected chi connectivity index (χ0v) is 12.2. The van der Waals surface area contributed by atoms with E-state index in [-0.39, 0.29) is 11.9 Å². The number of aliphatic carboxylic acids is 1. The van der Waals surface area contributed by atoms with Crippen LogP contribution < -0.4 is 5.32 Å². The summed E-state index contributed by atoms with van der Waals surface area (Å²) < 4.78 is 0. The number of carbonyl (C=O) groups excluding carboxylic acids is 1. The van der Waals surface area contributed by atoms with Crippen molar-refractivity contribution in [1.29, 1.82) is 0 Å². The van der Waals surface area contributed by atoms with Crippen LogP contribution in [-0.2, 0) is 16.0 Å². The van der Waals surface area contributed by atoms with Crippen LogP contribution in [0.5, 0.6) is 0 Å². The second kappa shape index (κ2) is 4.92. The summed E-state index contributed by atoms with van der Waals surface area (Å²) in [5, 5.41) is 19.0. The van der Waals surface area contributed by atoms with Gasteiger partial charge in [-0.05, 0) is 25.3 Å². The smallest absolute Gasteiger partial charge is 0.307 e. The summed E-state index contributed by atoms with van der Waals surface area (Å²) in [5.41, 5.74) is 1.41. The van der Waals surface area contributed by atoms with E-state index in [1.807, 2.05) is 33.8 Å². The van der Waals surface area contributed by atoms with Gasteiger partial charge in [0, 0.05) is 18.2 Å². The van der Waals surface area contributed by atoms with Crippen molar-refractivity contribution in [1.82, 2.24) is 15.5 Å². The number of nitrogens with one attached hydrogen (secondary N) is 2. The van der Waals surface area contributed by atoms with Crippen LogP contribution >= 0.6 is 0 Å². The van der Waals surface area contributed by atoms with Crippen LogP contribution in [0.2, 0.25) is 0 Å². The van der Waals surface area contributed by atoms with Gasteiger partial charge in [-0.1, -0.05) is 13.8 Å². The number of rotatable bonds is 5. The molecule has 0 spiro atoms. The van der Waals surface area contributed by atoms with E-state index in [1.54, 1.807) is 0 Å². The predicted octanol–water partition coefficient (Wildman–Crippen LogP) is 1.12. The molecule has 6 nitrogen and oxygen atoms in total. The minimum absolute atomic E-state index is 0.0731. The van der Waals surface area contributed by atoms with Crippen molar-refractivity contribution in [2.24, 2.45) is 17.3 Å². The van der Waals surface area contributed by atoms with E-state index in [9.17, 15) is 9.59 Å². The molecule has 1 aliphatic carbocycles. The summed E-state index contributed by atoms with van der Waals surface area (Å²) >= 11 is 0. The molecular weight excluding hydrogens is 258 g/mol. The van der Waals surface area contributed by atoms with Gasteiger partial charge in [0.25, 0.3) is 0 Å². The molecule has 1 amide bonds. The Hall–Kier alpha value is -1.85. The minimum Gasteiger partial charge on any atom is -0.481 e. The average Bonchev–Trinajstić information content (AvgIpc) is 2.66. The quantitative estimate of drug-likeness (QED) is 0.752. The third-order valence-corrected chi connectivity index (χ3v) is 4.04. The number of H-pyrrole nitrogens is 1. The van der Waals surface area contributed by atoms with Gasteiger partial charge in [-0.3, -0.25) is 14.7 Å². The van der Waals surface area contributed by atoms with E-state index in [0.29, 0.717) is 6.42 Å². The van der Waals surface area contributed by atoms with Crippen LogP contribution in [-0.4, -0.2) is 33.2 Å². The van der Waals surface area contributed by atoms with E-state index < -0.39 is 23.2 Å². The molecule has 110 valence electrons. The molecule has 1 aliphatic rings. The second-order valence-electron chi connectivity index (χ2n) is 6.27. The Labute approximate surface area is 118 Å². The maximum absolute atomic E-state index is 12.1. The molecule has 3 N–H and O–H groups in total. The summed E-state index contributed by atoms with van der Waals surface area (Å²) in [6.45, 7) is 7.45. The molecule has 0 aromatic carbocycles. The Balaban J connectivity index is 1.90. The van der Waals surface area contributed by atoms with E-state index in [0.717, 1.165) is 11.4 Å². The fourth-order valence-corrected chi connectivity index (χ4v) is 2.86. The maximum Gasteiger partial charge on any atom is 0.307 e. The molecule has 1 fully saturated rings. The number of carboxylic acid groups (broad SMARTS) is 1. The first-order valence-electron chi connectivity index (χ1n) is 6.77. The highest BCUT2D eigenvalue weighted by Crippen LogP contribution is 2.58. The second-order valence-corrected chi connectivity index (χ2v) is 6.27. The fraction of sp³-hybridized carbons (Fsp3) is 0.643. The van der Waals surface area contributed by atoms with Crippen LogP contribution in [0, 0.1) is 24.2 Å². The molecule has 0 radical (unpaired) electrons. The van der Waals surface area contributed by atoms with Gasteiger partial charge in [-0.25, -0.2) is 0 Å². The Bertz CT molecular complexity index is 536. The first-order valence-corrected chi connectivity index (χ1v) is 6.77. The van der Waals surface area contributed by atoms with Gasteiger partial charge < -0.3 is 10.4 Å². The highest BCUT2D eigenvalue weighted by atomic mass is 16.4. The van der Waals surface area contributed by atoms with Crippen LogP contribution in [0.15, 0.2) is 6.07 Å². The van der Waals surface area contributed by atoms with E-state index in [4.69, 9.17) is 5.11 Å². The van der Waals surface area contributed by atoms with Crippen LogP contribution in [0.4, 0.5) is 0 Å². The van der Waals surface area contributed by atoms with Crippen molar-refractivity contribution in [3.8, 4) is 0 Å². The molecule has 0 bridgehead atoms.